The second-order valence-corrected chi connectivity index (χ2v) is 7.67. The molecule has 3 N–H and O–H groups in total. The van der Waals surface area contributed by atoms with E-state index in [4.69, 9.17) is 36.7 Å². The molecule has 1 aromatic heterocycles. The van der Waals surface area contributed by atoms with Crippen LogP contribution >= 0.6 is 23.4 Å². The molecule has 0 bridgehead atoms. The molecular formula is C16H22ClN3O5S. The molecular weight excluding hydrogens is 382 g/mol. The molecule has 2 heterocycles. The van der Waals surface area contributed by atoms with Crippen molar-refractivity contribution in [3.8, 4) is 0 Å². The Labute approximate surface area is 160 Å². The van der Waals surface area contributed by atoms with Crippen LogP contribution in [0.5, 0.6) is 0 Å². The van der Waals surface area contributed by atoms with Crippen molar-refractivity contribution in [2.75, 3.05) is 24.7 Å². The van der Waals surface area contributed by atoms with E-state index in [0.717, 1.165) is 12.2 Å². The molecule has 0 aromatic carbocycles. The minimum absolute atomic E-state index is 0.0626. The summed E-state index contributed by atoms with van der Waals surface area (Å²) in [7, 11) is 0. The maximum Gasteiger partial charge on any atom is 0.509 e. The quantitative estimate of drug-likeness (QED) is 0.291. The summed E-state index contributed by atoms with van der Waals surface area (Å²) >= 11 is 7.69. The lowest BCUT2D eigenvalue weighted by Crippen LogP contribution is -2.30. The molecule has 2 fully saturated rings. The minimum atomic E-state index is -0.699. The molecule has 1 saturated carbocycles. The van der Waals surface area contributed by atoms with Crippen molar-refractivity contribution in [3.05, 3.63) is 10.8 Å². The Hall–Kier alpha value is -1.29. The Balaban J connectivity index is 1.77. The SMILES string of the molecule is CCCSc1nc(Cl)c(N)c(C[C@@H]2C[C@H](OCCO)[C@H]3OC(=O)O[C@@H]23)n1. The summed E-state index contributed by atoms with van der Waals surface area (Å²) in [5.41, 5.74) is 7.05. The normalized spacial score (nSPS) is 27.3. The second kappa shape index (κ2) is 8.60. The van der Waals surface area contributed by atoms with Gasteiger partial charge in [-0.2, -0.15) is 0 Å². The maximum absolute atomic E-state index is 11.5. The highest BCUT2D eigenvalue weighted by Crippen LogP contribution is 2.40. The lowest BCUT2D eigenvalue weighted by Gasteiger charge is -2.16. The molecule has 26 heavy (non-hydrogen) atoms. The predicted molar refractivity (Wildman–Crippen MR) is 96.2 cm³/mol. The summed E-state index contributed by atoms with van der Waals surface area (Å²) in [6.07, 6.45) is 0.157. The maximum atomic E-state index is 11.5. The largest absolute Gasteiger partial charge is 0.509 e. The third kappa shape index (κ3) is 4.16. The molecule has 1 aromatic rings. The van der Waals surface area contributed by atoms with Crippen molar-refractivity contribution < 1.29 is 24.1 Å². The molecule has 8 nitrogen and oxygen atoms in total. The van der Waals surface area contributed by atoms with E-state index in [1.54, 1.807) is 0 Å². The van der Waals surface area contributed by atoms with Crippen molar-refractivity contribution in [2.24, 2.45) is 5.92 Å². The lowest BCUT2D eigenvalue weighted by atomic mass is 9.98. The van der Waals surface area contributed by atoms with E-state index < -0.39 is 18.4 Å². The number of nitrogen functional groups attached to an aromatic ring is 1. The Morgan fingerprint density at radius 1 is 1.38 bits per heavy atom. The molecule has 3 rings (SSSR count). The van der Waals surface area contributed by atoms with Gasteiger partial charge < -0.3 is 25.1 Å². The number of thioether (sulfide) groups is 1. The van der Waals surface area contributed by atoms with Gasteiger partial charge in [-0.15, -0.1) is 0 Å². The van der Waals surface area contributed by atoms with Crippen LogP contribution in [0, 0.1) is 5.92 Å². The number of halogens is 1. The molecule has 0 spiro atoms. The highest BCUT2D eigenvalue weighted by Gasteiger charge is 2.53. The minimum Gasteiger partial charge on any atom is -0.427 e. The number of aliphatic hydroxyl groups is 1. The molecule has 0 unspecified atom stereocenters. The van der Waals surface area contributed by atoms with Crippen molar-refractivity contribution >= 4 is 35.2 Å². The van der Waals surface area contributed by atoms with Crippen LogP contribution in [0.2, 0.25) is 5.15 Å². The van der Waals surface area contributed by atoms with Crippen LogP contribution in [0.4, 0.5) is 10.5 Å². The van der Waals surface area contributed by atoms with Gasteiger partial charge in [0.25, 0.3) is 0 Å². The van der Waals surface area contributed by atoms with Crippen molar-refractivity contribution in [1.82, 2.24) is 9.97 Å². The van der Waals surface area contributed by atoms with E-state index in [0.29, 0.717) is 29.4 Å². The van der Waals surface area contributed by atoms with Gasteiger partial charge in [-0.1, -0.05) is 30.3 Å². The van der Waals surface area contributed by atoms with Gasteiger partial charge in [0.2, 0.25) is 0 Å². The highest BCUT2D eigenvalue weighted by atomic mass is 35.5. The standard InChI is InChI=1S/C16H22ClN3O5S/c1-2-5-26-15-19-9(11(18)14(17)20-15)6-8-7-10(23-4-3-21)13-12(8)24-16(22)25-13/h8,10,12-13,21H,2-7,18H2,1H3/t8-,10+,12+,13-/m1/s1. The first kappa shape index (κ1) is 19.5. The first-order chi connectivity index (χ1) is 12.5. The number of carbonyl (C=O) groups is 1. The predicted octanol–water partition coefficient (Wildman–Crippen LogP) is 2.06. The van der Waals surface area contributed by atoms with Crippen LogP contribution in [0.25, 0.3) is 0 Å². The number of hydrogen-bond donors (Lipinski definition) is 2. The van der Waals surface area contributed by atoms with Crippen LogP contribution in [0.1, 0.15) is 25.5 Å². The summed E-state index contributed by atoms with van der Waals surface area (Å²) in [5, 5.41) is 9.79. The van der Waals surface area contributed by atoms with Crippen molar-refractivity contribution in [3.63, 3.8) is 0 Å². The lowest BCUT2D eigenvalue weighted by molar-refractivity contribution is -0.0275. The Morgan fingerprint density at radius 3 is 2.88 bits per heavy atom. The number of carbonyl (C=O) groups excluding carboxylic acids is 1. The van der Waals surface area contributed by atoms with Gasteiger partial charge in [0.05, 0.1) is 30.7 Å². The first-order valence-corrected chi connectivity index (χ1v) is 9.94. The first-order valence-electron chi connectivity index (χ1n) is 8.57. The van der Waals surface area contributed by atoms with Gasteiger partial charge in [-0.05, 0) is 19.3 Å². The molecule has 4 atom stereocenters. The average molecular weight is 404 g/mol. The summed E-state index contributed by atoms with van der Waals surface area (Å²) in [5.74, 6) is 0.823. The van der Waals surface area contributed by atoms with Crippen molar-refractivity contribution in [2.45, 2.75) is 49.7 Å². The fraction of sp³-hybridized carbons (Fsp3) is 0.688. The zero-order valence-corrected chi connectivity index (χ0v) is 16.0. The van der Waals surface area contributed by atoms with Crippen LogP contribution < -0.4 is 5.73 Å². The fourth-order valence-electron chi connectivity index (χ4n) is 3.29. The van der Waals surface area contributed by atoms with E-state index in [9.17, 15) is 4.79 Å². The van der Waals surface area contributed by atoms with E-state index >= 15 is 0 Å². The number of fused-ring (bicyclic) bond motifs is 1. The van der Waals surface area contributed by atoms with Gasteiger partial charge in [0, 0.05) is 11.7 Å². The van der Waals surface area contributed by atoms with Gasteiger partial charge in [-0.3, -0.25) is 0 Å². The summed E-state index contributed by atoms with van der Waals surface area (Å²) in [4.78, 5) is 20.3. The number of aliphatic hydroxyl groups excluding tert-OH is 1. The highest BCUT2D eigenvalue weighted by molar-refractivity contribution is 7.99. The molecule has 10 heteroatoms. The zero-order valence-electron chi connectivity index (χ0n) is 14.4. The molecule has 1 saturated heterocycles. The number of nitrogens with two attached hydrogens (primary N) is 1. The smallest absolute Gasteiger partial charge is 0.427 e. The zero-order chi connectivity index (χ0) is 18.7. The van der Waals surface area contributed by atoms with Crippen LogP contribution in [-0.4, -0.2) is 58.5 Å². The molecule has 0 radical (unpaired) electrons. The van der Waals surface area contributed by atoms with Gasteiger partial charge in [0.15, 0.2) is 16.4 Å². The number of rotatable bonds is 8. The van der Waals surface area contributed by atoms with Crippen LogP contribution in [-0.2, 0) is 20.6 Å². The summed E-state index contributed by atoms with van der Waals surface area (Å²) < 4.78 is 16.2. The Bertz CT molecular complexity index is 665. The van der Waals surface area contributed by atoms with Gasteiger partial charge in [0.1, 0.15) is 6.10 Å². The number of nitrogens with zero attached hydrogens (tertiary/aromatic N) is 2. The number of ether oxygens (including phenoxy) is 3. The molecule has 144 valence electrons. The Kier molecular flexibility index (Phi) is 6.44. The Morgan fingerprint density at radius 2 is 2.15 bits per heavy atom. The third-order valence-corrected chi connectivity index (χ3v) is 5.77. The number of aromatic nitrogens is 2. The monoisotopic (exact) mass is 403 g/mol. The van der Waals surface area contributed by atoms with Crippen molar-refractivity contribution in [1.29, 1.82) is 0 Å². The number of anilines is 1. The molecule has 1 aliphatic carbocycles. The van der Waals surface area contributed by atoms with Crippen LogP contribution in [0.15, 0.2) is 5.16 Å². The number of hydrogen-bond acceptors (Lipinski definition) is 9. The van der Waals surface area contributed by atoms with E-state index in [1.165, 1.54) is 11.8 Å². The topological polar surface area (TPSA) is 117 Å². The second-order valence-electron chi connectivity index (χ2n) is 6.25. The van der Waals surface area contributed by atoms with Gasteiger partial charge in [-0.25, -0.2) is 14.8 Å². The fourth-order valence-corrected chi connectivity index (χ4v) is 4.25. The molecule has 2 aliphatic rings. The summed E-state index contributed by atoms with van der Waals surface area (Å²) in [6.45, 7) is 2.16. The molecule has 1 aliphatic heterocycles. The van der Waals surface area contributed by atoms with E-state index in [2.05, 4.69) is 16.9 Å². The van der Waals surface area contributed by atoms with E-state index in [1.807, 2.05) is 0 Å². The van der Waals surface area contributed by atoms with E-state index in [-0.39, 0.29) is 30.4 Å². The summed E-state index contributed by atoms with van der Waals surface area (Å²) in [6, 6.07) is 0. The van der Waals surface area contributed by atoms with Crippen LogP contribution in [0.3, 0.4) is 0 Å². The third-order valence-electron chi connectivity index (χ3n) is 4.43. The van der Waals surface area contributed by atoms with Gasteiger partial charge >= 0.3 is 6.16 Å². The molecule has 0 amide bonds. The average Bonchev–Trinajstić information content (AvgIpc) is 3.14.